The van der Waals surface area contributed by atoms with E-state index in [-0.39, 0.29) is 18.0 Å². The Hall–Kier alpha value is -1.62. The molecule has 1 heterocycles. The predicted octanol–water partition coefficient (Wildman–Crippen LogP) is 3.74. The van der Waals surface area contributed by atoms with Crippen LogP contribution in [0.5, 0.6) is 0 Å². The number of likely N-dealkylation sites (tertiary alicyclic amines) is 1. The molecule has 0 atom stereocenters. The topological polar surface area (TPSA) is 38.8 Å². The van der Waals surface area contributed by atoms with Gasteiger partial charge in [0, 0.05) is 13.1 Å². The summed E-state index contributed by atoms with van der Waals surface area (Å²) in [6.07, 6.45) is 1.38. The molecule has 5 heteroatoms. The van der Waals surface area contributed by atoms with E-state index < -0.39 is 5.60 Å². The van der Waals surface area contributed by atoms with Crippen LogP contribution in [0.4, 0.5) is 9.18 Å². The fourth-order valence-corrected chi connectivity index (χ4v) is 2.37. The summed E-state index contributed by atoms with van der Waals surface area (Å²) in [6.45, 7) is 7.24. The molecule has 0 aliphatic carbocycles. The molecule has 1 aromatic carbocycles. The van der Waals surface area contributed by atoms with Gasteiger partial charge in [-0.2, -0.15) is 0 Å². The second kappa shape index (κ2) is 7.09. The molecular weight excluding hydrogens is 285 g/mol. The first-order chi connectivity index (χ1) is 10.3. The molecule has 22 heavy (non-hydrogen) atoms. The Kier molecular flexibility index (Phi) is 5.40. The fourth-order valence-electron chi connectivity index (χ4n) is 2.37. The van der Waals surface area contributed by atoms with Crippen molar-refractivity contribution in [2.75, 3.05) is 13.1 Å². The van der Waals surface area contributed by atoms with Gasteiger partial charge in [-0.1, -0.05) is 12.1 Å². The van der Waals surface area contributed by atoms with E-state index in [1.54, 1.807) is 11.0 Å². The van der Waals surface area contributed by atoms with Gasteiger partial charge in [0.05, 0.1) is 12.7 Å². The Labute approximate surface area is 131 Å². The number of amides is 1. The summed E-state index contributed by atoms with van der Waals surface area (Å²) < 4.78 is 24.3. The summed E-state index contributed by atoms with van der Waals surface area (Å²) in [6, 6.07) is 6.43. The predicted molar refractivity (Wildman–Crippen MR) is 82.0 cm³/mol. The number of halogens is 1. The first-order valence-corrected chi connectivity index (χ1v) is 7.67. The lowest BCUT2D eigenvalue weighted by molar-refractivity contribution is -0.0171. The van der Waals surface area contributed by atoms with Crippen LogP contribution in [-0.4, -0.2) is 35.8 Å². The molecule has 0 bridgehead atoms. The quantitative estimate of drug-likeness (QED) is 0.853. The van der Waals surface area contributed by atoms with Gasteiger partial charge in [0.2, 0.25) is 0 Å². The number of rotatable bonds is 3. The molecule has 4 nitrogen and oxygen atoms in total. The normalized spacial score (nSPS) is 16.6. The Morgan fingerprint density at radius 2 is 2.00 bits per heavy atom. The number of benzene rings is 1. The van der Waals surface area contributed by atoms with E-state index in [9.17, 15) is 9.18 Å². The van der Waals surface area contributed by atoms with Gasteiger partial charge in [-0.15, -0.1) is 0 Å². The molecule has 0 unspecified atom stereocenters. The number of carbonyl (C=O) groups is 1. The fraction of sp³-hybridized carbons (Fsp3) is 0.588. The summed E-state index contributed by atoms with van der Waals surface area (Å²) >= 11 is 0. The molecule has 1 aliphatic rings. The van der Waals surface area contributed by atoms with Gasteiger partial charge in [0.15, 0.2) is 0 Å². The van der Waals surface area contributed by atoms with Gasteiger partial charge >= 0.3 is 6.09 Å². The number of hydrogen-bond donors (Lipinski definition) is 0. The van der Waals surface area contributed by atoms with Crippen molar-refractivity contribution in [1.29, 1.82) is 0 Å². The molecule has 122 valence electrons. The van der Waals surface area contributed by atoms with Crippen LogP contribution in [-0.2, 0) is 16.1 Å². The zero-order valence-electron chi connectivity index (χ0n) is 13.5. The van der Waals surface area contributed by atoms with E-state index in [4.69, 9.17) is 9.47 Å². The maximum absolute atomic E-state index is 13.1. The van der Waals surface area contributed by atoms with Crippen molar-refractivity contribution in [3.8, 4) is 0 Å². The lowest BCUT2D eigenvalue weighted by atomic mass is 10.1. The summed E-state index contributed by atoms with van der Waals surface area (Å²) in [4.78, 5) is 13.7. The molecule has 0 aromatic heterocycles. The molecule has 0 radical (unpaired) electrons. The largest absolute Gasteiger partial charge is 0.444 e. The molecular formula is C17H24FNO3. The number of piperidine rings is 1. The highest BCUT2D eigenvalue weighted by Gasteiger charge is 2.27. The lowest BCUT2D eigenvalue weighted by Crippen LogP contribution is -2.43. The van der Waals surface area contributed by atoms with Crippen molar-refractivity contribution >= 4 is 6.09 Å². The van der Waals surface area contributed by atoms with Crippen LogP contribution in [0.2, 0.25) is 0 Å². The molecule has 0 spiro atoms. The average Bonchev–Trinajstić information content (AvgIpc) is 2.44. The Bertz CT molecular complexity index is 505. The number of carbonyl (C=O) groups excluding carboxylic acids is 1. The molecule has 1 amide bonds. The van der Waals surface area contributed by atoms with E-state index in [1.807, 2.05) is 26.8 Å². The summed E-state index contributed by atoms with van der Waals surface area (Å²) in [5, 5.41) is 0. The number of hydrogen-bond acceptors (Lipinski definition) is 3. The molecule has 1 aliphatic heterocycles. The monoisotopic (exact) mass is 309 g/mol. The van der Waals surface area contributed by atoms with E-state index in [0.29, 0.717) is 19.7 Å². The van der Waals surface area contributed by atoms with E-state index in [2.05, 4.69) is 0 Å². The van der Waals surface area contributed by atoms with Gasteiger partial charge in [-0.05, 0) is 51.3 Å². The third-order valence-electron chi connectivity index (χ3n) is 3.47. The van der Waals surface area contributed by atoms with Gasteiger partial charge in [-0.3, -0.25) is 0 Å². The summed E-state index contributed by atoms with van der Waals surface area (Å²) in [5.74, 6) is -0.249. The third kappa shape index (κ3) is 5.30. The van der Waals surface area contributed by atoms with Crippen molar-refractivity contribution in [2.45, 2.75) is 51.9 Å². The summed E-state index contributed by atoms with van der Waals surface area (Å²) in [7, 11) is 0. The van der Waals surface area contributed by atoms with Crippen molar-refractivity contribution in [2.24, 2.45) is 0 Å². The minimum atomic E-state index is -0.470. The smallest absolute Gasteiger partial charge is 0.410 e. The Morgan fingerprint density at radius 3 is 2.59 bits per heavy atom. The van der Waals surface area contributed by atoms with Crippen LogP contribution in [0.3, 0.4) is 0 Å². The highest BCUT2D eigenvalue weighted by Crippen LogP contribution is 2.18. The minimum absolute atomic E-state index is 0.0990. The van der Waals surface area contributed by atoms with Crippen LogP contribution in [0, 0.1) is 5.82 Å². The minimum Gasteiger partial charge on any atom is -0.444 e. The first-order valence-electron chi connectivity index (χ1n) is 7.67. The van der Waals surface area contributed by atoms with Crippen LogP contribution in [0.15, 0.2) is 24.3 Å². The van der Waals surface area contributed by atoms with E-state index in [1.165, 1.54) is 12.1 Å². The highest BCUT2D eigenvalue weighted by atomic mass is 19.1. The van der Waals surface area contributed by atoms with Gasteiger partial charge < -0.3 is 14.4 Å². The average molecular weight is 309 g/mol. The Balaban J connectivity index is 1.74. The van der Waals surface area contributed by atoms with Gasteiger partial charge in [0.1, 0.15) is 11.4 Å². The van der Waals surface area contributed by atoms with Crippen molar-refractivity contribution < 1.29 is 18.7 Å². The van der Waals surface area contributed by atoms with E-state index >= 15 is 0 Å². The molecule has 0 N–H and O–H groups in total. The highest BCUT2D eigenvalue weighted by molar-refractivity contribution is 5.68. The molecule has 1 saturated heterocycles. The van der Waals surface area contributed by atoms with Gasteiger partial charge in [0.25, 0.3) is 0 Å². The zero-order chi connectivity index (χ0) is 16.2. The van der Waals surface area contributed by atoms with Crippen LogP contribution in [0.1, 0.15) is 39.2 Å². The van der Waals surface area contributed by atoms with Crippen molar-refractivity contribution in [3.63, 3.8) is 0 Å². The molecule has 2 rings (SSSR count). The number of nitrogens with zero attached hydrogens (tertiary/aromatic N) is 1. The maximum atomic E-state index is 13.1. The van der Waals surface area contributed by atoms with E-state index in [0.717, 1.165) is 18.4 Å². The van der Waals surface area contributed by atoms with Crippen molar-refractivity contribution in [3.05, 3.63) is 35.6 Å². The Morgan fingerprint density at radius 1 is 1.32 bits per heavy atom. The van der Waals surface area contributed by atoms with Crippen LogP contribution in [0.25, 0.3) is 0 Å². The summed E-state index contributed by atoms with van der Waals surface area (Å²) in [5.41, 5.74) is 0.358. The lowest BCUT2D eigenvalue weighted by Gasteiger charge is -2.33. The van der Waals surface area contributed by atoms with Crippen molar-refractivity contribution in [1.82, 2.24) is 4.90 Å². The van der Waals surface area contributed by atoms with Gasteiger partial charge in [-0.25, -0.2) is 9.18 Å². The second-order valence-corrected chi connectivity index (χ2v) is 6.61. The molecule has 1 aromatic rings. The molecule has 0 saturated carbocycles. The SMILES string of the molecule is CC(C)(C)OC(=O)N1CCC(OCc2cccc(F)c2)CC1. The second-order valence-electron chi connectivity index (χ2n) is 6.61. The maximum Gasteiger partial charge on any atom is 0.410 e. The standard InChI is InChI=1S/C17H24FNO3/c1-17(2,3)22-16(20)19-9-7-15(8-10-19)21-12-13-5-4-6-14(18)11-13/h4-6,11,15H,7-10,12H2,1-3H3. The molecule has 1 fully saturated rings. The third-order valence-corrected chi connectivity index (χ3v) is 3.47. The first kappa shape index (κ1) is 16.7. The van der Waals surface area contributed by atoms with Crippen LogP contribution < -0.4 is 0 Å². The van der Waals surface area contributed by atoms with Crippen LogP contribution >= 0.6 is 0 Å². The zero-order valence-corrected chi connectivity index (χ0v) is 13.5. The number of ether oxygens (including phenoxy) is 2.